The first-order valence-corrected chi connectivity index (χ1v) is 8.72. The zero-order valence-corrected chi connectivity index (χ0v) is 12.7. The maximum atomic E-state index is 13.6. The minimum atomic E-state index is -2.93. The second-order valence-corrected chi connectivity index (χ2v) is 7.80. The third-order valence-electron chi connectivity index (χ3n) is 4.01. The summed E-state index contributed by atoms with van der Waals surface area (Å²) in [5.74, 6) is -1.44. The van der Waals surface area contributed by atoms with Crippen molar-refractivity contribution in [1.29, 1.82) is 0 Å². The van der Waals surface area contributed by atoms with Crippen LogP contribution in [0.3, 0.4) is 0 Å². The molecular weight excluding hydrogens is 298 g/mol. The van der Waals surface area contributed by atoms with Gasteiger partial charge < -0.3 is 10.6 Å². The fraction of sp³-hybridized carbons (Fsp3) is 0.571. The molecule has 0 bridgehead atoms. The minimum absolute atomic E-state index is 0.0143. The minimum Gasteiger partial charge on any atom is -0.324 e. The van der Waals surface area contributed by atoms with Gasteiger partial charge in [-0.15, -0.1) is 0 Å². The van der Waals surface area contributed by atoms with E-state index in [0.29, 0.717) is 19.4 Å². The number of halogens is 2. The molecule has 1 aromatic rings. The van der Waals surface area contributed by atoms with Crippen molar-refractivity contribution in [1.82, 2.24) is 4.90 Å². The summed E-state index contributed by atoms with van der Waals surface area (Å²) in [5, 5.41) is 0. The van der Waals surface area contributed by atoms with Crippen LogP contribution in [0.1, 0.15) is 24.4 Å². The quantitative estimate of drug-likeness (QED) is 0.893. The molecule has 118 valence electrons. The number of nitrogens with two attached hydrogens (primary N) is 1. The summed E-state index contributed by atoms with van der Waals surface area (Å²) in [6, 6.07) is 3.34. The topological polar surface area (TPSA) is 63.4 Å². The number of rotatable bonds is 5. The summed E-state index contributed by atoms with van der Waals surface area (Å²) in [4.78, 5) is 1.93. The highest BCUT2D eigenvalue weighted by atomic mass is 32.2. The molecule has 2 N–H and O–H groups in total. The largest absolute Gasteiger partial charge is 0.324 e. The van der Waals surface area contributed by atoms with Crippen molar-refractivity contribution in [3.05, 3.63) is 35.4 Å². The molecule has 1 fully saturated rings. The van der Waals surface area contributed by atoms with Crippen molar-refractivity contribution in [2.45, 2.75) is 24.9 Å². The van der Waals surface area contributed by atoms with Gasteiger partial charge in [0.15, 0.2) is 21.5 Å². The van der Waals surface area contributed by atoms with E-state index in [0.717, 1.165) is 6.07 Å². The molecule has 2 unspecified atom stereocenters. The van der Waals surface area contributed by atoms with Crippen molar-refractivity contribution in [3.8, 4) is 0 Å². The van der Waals surface area contributed by atoms with E-state index < -0.39 is 27.5 Å². The number of sulfone groups is 1. The Morgan fingerprint density at radius 1 is 1.43 bits per heavy atom. The fourth-order valence-corrected chi connectivity index (χ4v) is 4.42. The Morgan fingerprint density at radius 2 is 2.14 bits per heavy atom. The normalized spacial score (nSPS) is 22.6. The summed E-state index contributed by atoms with van der Waals surface area (Å²) in [5.41, 5.74) is 6.07. The van der Waals surface area contributed by atoms with Gasteiger partial charge in [-0.3, -0.25) is 0 Å². The van der Waals surface area contributed by atoms with Crippen LogP contribution in [0.25, 0.3) is 0 Å². The molecular formula is C14H20F2N2O2S. The maximum Gasteiger partial charge on any atom is 0.163 e. The lowest BCUT2D eigenvalue weighted by Crippen LogP contribution is -2.34. The molecule has 0 aliphatic carbocycles. The van der Waals surface area contributed by atoms with Crippen LogP contribution >= 0.6 is 0 Å². The summed E-state index contributed by atoms with van der Waals surface area (Å²) in [7, 11) is -1.09. The zero-order valence-electron chi connectivity index (χ0n) is 11.9. The van der Waals surface area contributed by atoms with Crippen LogP contribution in [0.2, 0.25) is 0 Å². The predicted molar refractivity (Wildman–Crippen MR) is 77.6 cm³/mol. The van der Waals surface area contributed by atoms with E-state index in [-0.39, 0.29) is 23.1 Å². The summed E-state index contributed by atoms with van der Waals surface area (Å²) < 4.78 is 49.7. The van der Waals surface area contributed by atoms with Crippen LogP contribution in [0.15, 0.2) is 18.2 Å². The smallest absolute Gasteiger partial charge is 0.163 e. The molecule has 1 aliphatic rings. The number of benzene rings is 1. The molecule has 4 nitrogen and oxygen atoms in total. The van der Waals surface area contributed by atoms with Gasteiger partial charge in [-0.1, -0.05) is 12.1 Å². The molecule has 0 aromatic heterocycles. The van der Waals surface area contributed by atoms with Crippen LogP contribution in [0, 0.1) is 11.6 Å². The molecule has 2 rings (SSSR count). The van der Waals surface area contributed by atoms with Crippen molar-refractivity contribution in [2.75, 3.05) is 25.1 Å². The lowest BCUT2D eigenvalue weighted by Gasteiger charge is -2.24. The van der Waals surface area contributed by atoms with Gasteiger partial charge in [-0.2, -0.15) is 0 Å². The maximum absolute atomic E-state index is 13.6. The predicted octanol–water partition coefficient (Wildman–Crippen LogP) is 1.47. The highest BCUT2D eigenvalue weighted by Gasteiger charge is 2.30. The van der Waals surface area contributed by atoms with Crippen LogP contribution < -0.4 is 5.73 Å². The van der Waals surface area contributed by atoms with Gasteiger partial charge in [0.25, 0.3) is 0 Å². The zero-order chi connectivity index (χ0) is 15.6. The molecule has 0 radical (unpaired) electrons. The molecule has 1 aliphatic heterocycles. The van der Waals surface area contributed by atoms with Crippen molar-refractivity contribution < 1.29 is 17.2 Å². The van der Waals surface area contributed by atoms with Crippen molar-refractivity contribution in [2.24, 2.45) is 5.73 Å². The monoisotopic (exact) mass is 318 g/mol. The van der Waals surface area contributed by atoms with Gasteiger partial charge in [0.1, 0.15) is 0 Å². The van der Waals surface area contributed by atoms with Gasteiger partial charge in [-0.25, -0.2) is 17.2 Å². The highest BCUT2D eigenvalue weighted by Crippen LogP contribution is 2.22. The van der Waals surface area contributed by atoms with Gasteiger partial charge >= 0.3 is 0 Å². The molecule has 1 aromatic carbocycles. The summed E-state index contributed by atoms with van der Waals surface area (Å²) >= 11 is 0. The molecule has 0 spiro atoms. The van der Waals surface area contributed by atoms with Gasteiger partial charge in [0, 0.05) is 17.6 Å². The second kappa shape index (κ2) is 6.37. The third-order valence-corrected chi connectivity index (χ3v) is 5.76. The lowest BCUT2D eigenvalue weighted by molar-refractivity contribution is 0.251. The van der Waals surface area contributed by atoms with E-state index in [2.05, 4.69) is 0 Å². The molecule has 1 saturated heterocycles. The fourth-order valence-electron chi connectivity index (χ4n) is 2.61. The van der Waals surface area contributed by atoms with E-state index >= 15 is 0 Å². The first-order valence-electron chi connectivity index (χ1n) is 6.90. The van der Waals surface area contributed by atoms with E-state index in [9.17, 15) is 17.2 Å². The van der Waals surface area contributed by atoms with Crippen molar-refractivity contribution >= 4 is 9.84 Å². The third kappa shape index (κ3) is 3.99. The Bertz CT molecular complexity index is 607. The number of hydrogen-bond acceptors (Lipinski definition) is 4. The molecule has 2 atom stereocenters. The first-order chi connectivity index (χ1) is 9.80. The molecule has 0 saturated carbocycles. The van der Waals surface area contributed by atoms with E-state index in [1.54, 1.807) is 0 Å². The lowest BCUT2D eigenvalue weighted by atomic mass is 10.0. The number of nitrogens with zero attached hydrogens (tertiary/aromatic N) is 1. The van der Waals surface area contributed by atoms with Crippen molar-refractivity contribution in [3.63, 3.8) is 0 Å². The Morgan fingerprint density at radius 3 is 2.76 bits per heavy atom. The van der Waals surface area contributed by atoms with Gasteiger partial charge in [0.05, 0.1) is 11.5 Å². The Hall–Kier alpha value is -1.05. The van der Waals surface area contributed by atoms with Crippen LogP contribution in [0.4, 0.5) is 8.78 Å². The average molecular weight is 318 g/mol. The standard InChI is InChI=1S/C14H20F2N2O2S/c1-18(10-6-8-21(19,20)9-10)7-5-13(17)11-3-2-4-12(15)14(11)16/h2-4,10,13H,5-9,17H2,1H3. The van der Waals surface area contributed by atoms with Gasteiger partial charge in [0.2, 0.25) is 0 Å². The van der Waals surface area contributed by atoms with Crippen LogP contribution in [-0.2, 0) is 9.84 Å². The molecule has 0 amide bonds. The van der Waals surface area contributed by atoms with E-state index in [1.807, 2.05) is 11.9 Å². The van der Waals surface area contributed by atoms with E-state index in [4.69, 9.17) is 5.73 Å². The SMILES string of the molecule is CN(CCC(N)c1cccc(F)c1F)C1CCS(=O)(=O)C1. The van der Waals surface area contributed by atoms with Crippen LogP contribution in [-0.4, -0.2) is 44.5 Å². The van der Waals surface area contributed by atoms with E-state index in [1.165, 1.54) is 12.1 Å². The Kier molecular flexibility index (Phi) is 4.95. The summed E-state index contributed by atoms with van der Waals surface area (Å²) in [6.45, 7) is 0.539. The molecule has 1 heterocycles. The first kappa shape index (κ1) is 16.3. The molecule has 21 heavy (non-hydrogen) atoms. The summed E-state index contributed by atoms with van der Waals surface area (Å²) in [6.07, 6.45) is 1.05. The average Bonchev–Trinajstić information content (AvgIpc) is 2.79. The van der Waals surface area contributed by atoms with Gasteiger partial charge in [-0.05, 0) is 32.5 Å². The Balaban J connectivity index is 1.92. The van der Waals surface area contributed by atoms with Crippen LogP contribution in [0.5, 0.6) is 0 Å². The molecule has 7 heteroatoms. The second-order valence-electron chi connectivity index (χ2n) is 5.58. The highest BCUT2D eigenvalue weighted by molar-refractivity contribution is 7.91. The number of hydrogen-bond donors (Lipinski definition) is 1. The Labute approximate surface area is 123 Å².